The Labute approximate surface area is 165 Å². The van der Waals surface area contributed by atoms with Crippen LogP contribution in [0.2, 0.25) is 0 Å². The van der Waals surface area contributed by atoms with Crippen LogP contribution < -0.4 is 0 Å². The van der Waals surface area contributed by atoms with Gasteiger partial charge in [-0.15, -0.1) is 0 Å². The molecule has 1 aromatic heterocycles. The first-order chi connectivity index (χ1) is 13.8. The quantitative estimate of drug-likeness (QED) is 0.745. The number of nitrogens with one attached hydrogen (secondary N) is 1. The molecule has 1 saturated heterocycles. The highest BCUT2D eigenvalue weighted by atomic mass is 16.2. The third kappa shape index (κ3) is 4.38. The van der Waals surface area contributed by atoms with Crippen molar-refractivity contribution < 1.29 is 4.79 Å². The summed E-state index contributed by atoms with van der Waals surface area (Å²) in [6.45, 7) is 4.22. The molecular formula is C23H24N4O. The first kappa shape index (κ1) is 18.2. The lowest BCUT2D eigenvalue weighted by Crippen LogP contribution is -2.48. The van der Waals surface area contributed by atoms with E-state index in [-0.39, 0.29) is 5.91 Å². The number of carbonyl (C=O) groups excluding carboxylic acids is 1. The zero-order chi connectivity index (χ0) is 19.2. The van der Waals surface area contributed by atoms with E-state index < -0.39 is 0 Å². The fraction of sp³-hybridized carbons (Fsp3) is 0.217. The second kappa shape index (κ2) is 8.67. The minimum absolute atomic E-state index is 0.102. The maximum atomic E-state index is 12.9. The number of aromatic nitrogens is 2. The molecule has 0 atom stereocenters. The number of hydrogen-bond donors (Lipinski definition) is 1. The summed E-state index contributed by atoms with van der Waals surface area (Å²) in [4.78, 5) is 17.2. The van der Waals surface area contributed by atoms with Gasteiger partial charge in [-0.25, -0.2) is 0 Å². The van der Waals surface area contributed by atoms with Gasteiger partial charge in [0.05, 0.1) is 6.20 Å². The van der Waals surface area contributed by atoms with Crippen LogP contribution in [0.4, 0.5) is 0 Å². The molecule has 1 N–H and O–H groups in total. The lowest BCUT2D eigenvalue weighted by Gasteiger charge is -2.34. The third-order valence-electron chi connectivity index (χ3n) is 5.07. The highest BCUT2D eigenvalue weighted by molar-refractivity contribution is 5.95. The topological polar surface area (TPSA) is 52.2 Å². The van der Waals surface area contributed by atoms with Gasteiger partial charge in [0.15, 0.2) is 0 Å². The number of piperazine rings is 1. The second-order valence-electron chi connectivity index (χ2n) is 6.97. The first-order valence-electron chi connectivity index (χ1n) is 9.62. The van der Waals surface area contributed by atoms with Gasteiger partial charge in [-0.1, -0.05) is 54.6 Å². The number of benzene rings is 2. The predicted octanol–water partition coefficient (Wildman–Crippen LogP) is 3.55. The predicted molar refractivity (Wildman–Crippen MR) is 112 cm³/mol. The molecule has 0 aliphatic carbocycles. The Balaban J connectivity index is 1.32. The maximum Gasteiger partial charge on any atom is 0.253 e. The van der Waals surface area contributed by atoms with Gasteiger partial charge in [-0.05, 0) is 23.3 Å². The SMILES string of the molecule is O=C(c1cccc(-c2cn[nH]c2)c1)N1CCN(CC=Cc2ccccc2)CC1. The van der Waals surface area contributed by atoms with E-state index in [1.165, 1.54) is 5.56 Å². The normalized spacial score (nSPS) is 15.2. The number of H-pyrrole nitrogens is 1. The standard InChI is InChI=1S/C23H24N4O/c28-23(21-10-4-9-20(16-21)22-17-24-25-18-22)27-14-12-26(13-15-27)11-5-8-19-6-2-1-3-7-19/h1-10,16-18H,11-15H2,(H,24,25). The zero-order valence-corrected chi connectivity index (χ0v) is 15.8. The van der Waals surface area contributed by atoms with Crippen molar-refractivity contribution in [3.63, 3.8) is 0 Å². The van der Waals surface area contributed by atoms with Crippen molar-refractivity contribution in [2.75, 3.05) is 32.7 Å². The Morgan fingerprint density at radius 3 is 2.57 bits per heavy atom. The molecule has 142 valence electrons. The number of nitrogens with zero attached hydrogens (tertiary/aromatic N) is 3. The number of rotatable bonds is 5. The van der Waals surface area contributed by atoms with Crippen molar-refractivity contribution in [2.24, 2.45) is 0 Å². The Bertz CT molecular complexity index is 926. The number of amides is 1. The zero-order valence-electron chi connectivity index (χ0n) is 15.8. The summed E-state index contributed by atoms with van der Waals surface area (Å²) in [7, 11) is 0. The van der Waals surface area contributed by atoms with E-state index >= 15 is 0 Å². The number of carbonyl (C=O) groups is 1. The number of aromatic amines is 1. The molecular weight excluding hydrogens is 348 g/mol. The van der Waals surface area contributed by atoms with Crippen molar-refractivity contribution in [2.45, 2.75) is 0 Å². The smallest absolute Gasteiger partial charge is 0.253 e. The van der Waals surface area contributed by atoms with Crippen LogP contribution in [0.25, 0.3) is 17.2 Å². The fourth-order valence-corrected chi connectivity index (χ4v) is 3.46. The Morgan fingerprint density at radius 2 is 1.82 bits per heavy atom. The molecule has 4 rings (SSSR count). The van der Waals surface area contributed by atoms with E-state index in [0.29, 0.717) is 0 Å². The minimum Gasteiger partial charge on any atom is -0.336 e. The molecule has 0 saturated carbocycles. The molecule has 0 unspecified atom stereocenters. The minimum atomic E-state index is 0.102. The summed E-state index contributed by atoms with van der Waals surface area (Å²) in [6, 6.07) is 18.1. The van der Waals surface area contributed by atoms with E-state index in [1.807, 2.05) is 53.6 Å². The molecule has 1 amide bonds. The van der Waals surface area contributed by atoms with Gasteiger partial charge >= 0.3 is 0 Å². The molecule has 5 heteroatoms. The van der Waals surface area contributed by atoms with Crippen LogP contribution in [0, 0.1) is 0 Å². The molecule has 0 bridgehead atoms. The third-order valence-corrected chi connectivity index (χ3v) is 5.07. The molecule has 1 aliphatic heterocycles. The molecule has 3 aromatic rings. The summed E-state index contributed by atoms with van der Waals surface area (Å²) in [5, 5.41) is 6.80. The molecule has 5 nitrogen and oxygen atoms in total. The van der Waals surface area contributed by atoms with Gasteiger partial charge in [0, 0.05) is 50.0 Å². The summed E-state index contributed by atoms with van der Waals surface area (Å²) in [5.74, 6) is 0.102. The largest absolute Gasteiger partial charge is 0.336 e. The molecule has 0 radical (unpaired) electrons. The molecule has 28 heavy (non-hydrogen) atoms. The Hall–Kier alpha value is -3.18. The summed E-state index contributed by atoms with van der Waals surface area (Å²) < 4.78 is 0. The molecule has 1 aliphatic rings. The van der Waals surface area contributed by atoms with Crippen LogP contribution in [0.5, 0.6) is 0 Å². The van der Waals surface area contributed by atoms with Gasteiger partial charge in [0.1, 0.15) is 0 Å². The maximum absolute atomic E-state index is 12.9. The second-order valence-corrected chi connectivity index (χ2v) is 6.97. The van der Waals surface area contributed by atoms with Crippen LogP contribution in [0.1, 0.15) is 15.9 Å². The highest BCUT2D eigenvalue weighted by Gasteiger charge is 2.21. The van der Waals surface area contributed by atoms with Gasteiger partial charge in [-0.3, -0.25) is 14.8 Å². The van der Waals surface area contributed by atoms with Crippen LogP contribution in [0.15, 0.2) is 73.1 Å². The molecule has 2 aromatic carbocycles. The van der Waals surface area contributed by atoms with E-state index in [4.69, 9.17) is 0 Å². The van der Waals surface area contributed by atoms with Crippen LogP contribution in [-0.2, 0) is 0 Å². The highest BCUT2D eigenvalue weighted by Crippen LogP contribution is 2.20. The van der Waals surface area contributed by atoms with Crippen molar-refractivity contribution in [3.8, 4) is 11.1 Å². The lowest BCUT2D eigenvalue weighted by molar-refractivity contribution is 0.0650. The van der Waals surface area contributed by atoms with E-state index in [1.54, 1.807) is 6.20 Å². The summed E-state index contributed by atoms with van der Waals surface area (Å²) in [6.07, 6.45) is 7.96. The molecule has 0 spiro atoms. The van der Waals surface area contributed by atoms with E-state index in [0.717, 1.165) is 49.4 Å². The van der Waals surface area contributed by atoms with Crippen molar-refractivity contribution in [1.82, 2.24) is 20.0 Å². The number of hydrogen-bond acceptors (Lipinski definition) is 3. The first-order valence-corrected chi connectivity index (χ1v) is 9.62. The summed E-state index contributed by atoms with van der Waals surface area (Å²) >= 11 is 0. The Kier molecular flexibility index (Phi) is 5.64. The molecule has 1 fully saturated rings. The van der Waals surface area contributed by atoms with Crippen LogP contribution in [0.3, 0.4) is 0 Å². The average Bonchev–Trinajstić information content (AvgIpc) is 3.30. The van der Waals surface area contributed by atoms with Gasteiger partial charge in [0.25, 0.3) is 5.91 Å². The van der Waals surface area contributed by atoms with Crippen LogP contribution in [-0.4, -0.2) is 58.6 Å². The summed E-state index contributed by atoms with van der Waals surface area (Å²) in [5.41, 5.74) is 3.94. The van der Waals surface area contributed by atoms with Crippen molar-refractivity contribution >= 4 is 12.0 Å². The van der Waals surface area contributed by atoms with E-state index in [9.17, 15) is 4.79 Å². The van der Waals surface area contributed by atoms with Gasteiger partial charge < -0.3 is 4.90 Å². The fourth-order valence-electron chi connectivity index (χ4n) is 3.46. The van der Waals surface area contributed by atoms with Crippen LogP contribution >= 0.6 is 0 Å². The lowest BCUT2D eigenvalue weighted by atomic mass is 10.1. The average molecular weight is 372 g/mol. The van der Waals surface area contributed by atoms with Crippen molar-refractivity contribution in [3.05, 3.63) is 84.2 Å². The van der Waals surface area contributed by atoms with Gasteiger partial charge in [-0.2, -0.15) is 5.10 Å². The van der Waals surface area contributed by atoms with Gasteiger partial charge in [0.2, 0.25) is 0 Å². The van der Waals surface area contributed by atoms with E-state index in [2.05, 4.69) is 39.4 Å². The molecule has 2 heterocycles. The van der Waals surface area contributed by atoms with Crippen molar-refractivity contribution in [1.29, 1.82) is 0 Å². The Morgan fingerprint density at radius 1 is 1.00 bits per heavy atom. The monoisotopic (exact) mass is 372 g/mol.